The highest BCUT2D eigenvalue weighted by atomic mass is 16.5. The van der Waals surface area contributed by atoms with E-state index in [9.17, 15) is 0 Å². The Morgan fingerprint density at radius 3 is 2.68 bits per heavy atom. The fourth-order valence-corrected chi connectivity index (χ4v) is 3.06. The summed E-state index contributed by atoms with van der Waals surface area (Å²) in [5.74, 6) is 2.42. The summed E-state index contributed by atoms with van der Waals surface area (Å²) in [6.45, 7) is 4.12. The highest BCUT2D eigenvalue weighted by Gasteiger charge is 2.20. The maximum atomic E-state index is 6.01. The molecule has 5 heteroatoms. The molecule has 1 aromatic heterocycles. The first-order valence-corrected chi connectivity index (χ1v) is 7.71. The van der Waals surface area contributed by atoms with E-state index in [-0.39, 0.29) is 0 Å². The molecule has 0 saturated carbocycles. The molecule has 118 valence electrons. The first-order valence-electron chi connectivity index (χ1n) is 7.71. The van der Waals surface area contributed by atoms with Gasteiger partial charge in [0.1, 0.15) is 5.82 Å². The van der Waals surface area contributed by atoms with Crippen molar-refractivity contribution in [2.45, 2.75) is 25.7 Å². The van der Waals surface area contributed by atoms with Gasteiger partial charge in [0.05, 0.1) is 19.2 Å². The lowest BCUT2D eigenvalue weighted by molar-refractivity contribution is 0.0856. The highest BCUT2D eigenvalue weighted by molar-refractivity contribution is 5.87. The second-order valence-electron chi connectivity index (χ2n) is 5.48. The summed E-state index contributed by atoms with van der Waals surface area (Å²) in [4.78, 5) is 4.46. The fourth-order valence-electron chi connectivity index (χ4n) is 3.06. The number of methoxy groups -OCH3 is 1. The van der Waals surface area contributed by atoms with Crippen molar-refractivity contribution >= 4 is 16.7 Å². The largest absolute Gasteiger partial charge is 0.493 e. The van der Waals surface area contributed by atoms with Crippen molar-refractivity contribution in [2.24, 2.45) is 0 Å². The van der Waals surface area contributed by atoms with Crippen LogP contribution in [0.3, 0.4) is 0 Å². The predicted molar refractivity (Wildman–Crippen MR) is 86.7 cm³/mol. The normalized spacial score (nSPS) is 15.9. The predicted octanol–water partition coefficient (Wildman–Crippen LogP) is 3.12. The van der Waals surface area contributed by atoms with Gasteiger partial charge in [-0.2, -0.15) is 0 Å². The van der Waals surface area contributed by atoms with Crippen molar-refractivity contribution < 1.29 is 14.2 Å². The van der Waals surface area contributed by atoms with Crippen molar-refractivity contribution in [3.05, 3.63) is 23.8 Å². The molecule has 5 nitrogen and oxygen atoms in total. The summed E-state index contributed by atoms with van der Waals surface area (Å²) in [6, 6.07) is 5.91. The molecule has 1 fully saturated rings. The molecule has 0 amide bonds. The maximum absolute atomic E-state index is 6.01. The first-order chi connectivity index (χ1) is 10.7. The number of ether oxygens (including phenoxy) is 3. The Kier molecular flexibility index (Phi) is 4.34. The molecule has 1 aliphatic rings. The molecule has 0 atom stereocenters. The summed E-state index contributed by atoms with van der Waals surface area (Å²) in [7, 11) is 1.66. The molecule has 1 saturated heterocycles. The second kappa shape index (κ2) is 6.40. The van der Waals surface area contributed by atoms with Crippen LogP contribution in [0.2, 0.25) is 0 Å². The Labute approximate surface area is 130 Å². The number of rotatable bonds is 4. The number of aromatic nitrogens is 1. The Hall–Kier alpha value is -2.01. The van der Waals surface area contributed by atoms with E-state index >= 15 is 0 Å². The molecule has 0 radical (unpaired) electrons. The van der Waals surface area contributed by atoms with Gasteiger partial charge in [-0.05, 0) is 43.4 Å². The summed E-state index contributed by atoms with van der Waals surface area (Å²) in [5, 5.41) is 1.08. The number of nitrogens with two attached hydrogens (primary N) is 1. The smallest absolute Gasteiger partial charge is 0.163 e. The van der Waals surface area contributed by atoms with Crippen LogP contribution in [-0.4, -0.2) is 31.9 Å². The van der Waals surface area contributed by atoms with Crippen molar-refractivity contribution in [2.75, 3.05) is 32.7 Å². The van der Waals surface area contributed by atoms with E-state index < -0.39 is 0 Å². The summed E-state index contributed by atoms with van der Waals surface area (Å²) < 4.78 is 16.6. The third-order valence-corrected chi connectivity index (χ3v) is 4.11. The summed E-state index contributed by atoms with van der Waals surface area (Å²) >= 11 is 0. The van der Waals surface area contributed by atoms with Gasteiger partial charge in [-0.3, -0.25) is 0 Å². The number of hydrogen-bond donors (Lipinski definition) is 1. The number of anilines is 1. The molecule has 1 aliphatic heterocycles. The van der Waals surface area contributed by atoms with E-state index in [4.69, 9.17) is 19.9 Å². The third-order valence-electron chi connectivity index (χ3n) is 4.11. The number of pyridine rings is 1. The van der Waals surface area contributed by atoms with Crippen LogP contribution in [0.25, 0.3) is 10.9 Å². The van der Waals surface area contributed by atoms with E-state index in [0.717, 1.165) is 42.7 Å². The quantitative estimate of drug-likeness (QED) is 0.940. The lowest BCUT2D eigenvalue weighted by Crippen LogP contribution is -2.15. The molecule has 0 spiro atoms. The van der Waals surface area contributed by atoms with Gasteiger partial charge in [0.15, 0.2) is 11.5 Å². The second-order valence-corrected chi connectivity index (χ2v) is 5.48. The van der Waals surface area contributed by atoms with Crippen LogP contribution in [-0.2, 0) is 4.74 Å². The van der Waals surface area contributed by atoms with Crippen molar-refractivity contribution in [3.8, 4) is 11.5 Å². The van der Waals surface area contributed by atoms with E-state index in [1.807, 2.05) is 25.1 Å². The molecule has 0 unspecified atom stereocenters. The molecular weight excluding hydrogens is 280 g/mol. The Balaban J connectivity index is 2.14. The van der Waals surface area contributed by atoms with Gasteiger partial charge >= 0.3 is 0 Å². The molecule has 1 aromatic carbocycles. The van der Waals surface area contributed by atoms with E-state index in [1.165, 1.54) is 5.56 Å². The zero-order chi connectivity index (χ0) is 15.5. The minimum atomic E-state index is 0.448. The van der Waals surface area contributed by atoms with Crippen LogP contribution in [0, 0.1) is 0 Å². The van der Waals surface area contributed by atoms with Gasteiger partial charge in [-0.1, -0.05) is 0 Å². The average molecular weight is 302 g/mol. The minimum absolute atomic E-state index is 0.448. The summed E-state index contributed by atoms with van der Waals surface area (Å²) in [5.41, 5.74) is 8.09. The molecule has 3 rings (SSSR count). The van der Waals surface area contributed by atoms with Crippen molar-refractivity contribution in [3.63, 3.8) is 0 Å². The van der Waals surface area contributed by atoms with Crippen LogP contribution in [0.1, 0.15) is 31.2 Å². The summed E-state index contributed by atoms with van der Waals surface area (Å²) in [6.07, 6.45) is 2.02. The van der Waals surface area contributed by atoms with Crippen LogP contribution < -0.4 is 15.2 Å². The first kappa shape index (κ1) is 14.9. The van der Waals surface area contributed by atoms with E-state index in [0.29, 0.717) is 24.1 Å². The van der Waals surface area contributed by atoms with E-state index in [1.54, 1.807) is 7.11 Å². The van der Waals surface area contributed by atoms with Gasteiger partial charge in [-0.25, -0.2) is 4.98 Å². The molecule has 2 N–H and O–H groups in total. The average Bonchev–Trinajstić information content (AvgIpc) is 2.54. The highest BCUT2D eigenvalue weighted by Crippen LogP contribution is 2.38. The Morgan fingerprint density at radius 2 is 2.00 bits per heavy atom. The number of nitrogens with zero attached hydrogens (tertiary/aromatic N) is 1. The minimum Gasteiger partial charge on any atom is -0.493 e. The maximum Gasteiger partial charge on any atom is 0.163 e. The molecular formula is C17H22N2O3. The van der Waals surface area contributed by atoms with Crippen molar-refractivity contribution in [1.29, 1.82) is 0 Å². The number of fused-ring (bicyclic) bond motifs is 1. The zero-order valence-corrected chi connectivity index (χ0v) is 13.1. The standard InChI is InChI=1S/C17H22N2O3/c1-3-22-16-10-14-13(8-15(16)20-2)12(9-17(18)19-14)11-4-6-21-7-5-11/h8-11H,3-7H2,1-2H3,(H2,18,19). The molecule has 2 heterocycles. The van der Waals surface area contributed by atoms with Crippen LogP contribution in [0.4, 0.5) is 5.82 Å². The Bertz CT molecular complexity index is 666. The lowest BCUT2D eigenvalue weighted by atomic mass is 9.89. The fraction of sp³-hybridized carbons (Fsp3) is 0.471. The third kappa shape index (κ3) is 2.81. The topological polar surface area (TPSA) is 66.6 Å². The van der Waals surface area contributed by atoms with Gasteiger partial charge in [0.2, 0.25) is 0 Å². The van der Waals surface area contributed by atoms with E-state index in [2.05, 4.69) is 4.98 Å². The lowest BCUT2D eigenvalue weighted by Gasteiger charge is -2.24. The van der Waals surface area contributed by atoms with Crippen LogP contribution in [0.5, 0.6) is 11.5 Å². The number of benzene rings is 1. The van der Waals surface area contributed by atoms with Gasteiger partial charge in [-0.15, -0.1) is 0 Å². The van der Waals surface area contributed by atoms with Crippen molar-refractivity contribution in [1.82, 2.24) is 4.98 Å². The van der Waals surface area contributed by atoms with Gasteiger partial charge < -0.3 is 19.9 Å². The molecule has 2 aromatic rings. The number of nitrogen functional groups attached to an aromatic ring is 1. The SMILES string of the molecule is CCOc1cc2nc(N)cc(C3CCOCC3)c2cc1OC. The molecule has 0 aliphatic carbocycles. The number of hydrogen-bond acceptors (Lipinski definition) is 5. The Morgan fingerprint density at radius 1 is 1.23 bits per heavy atom. The van der Waals surface area contributed by atoms with Crippen LogP contribution in [0.15, 0.2) is 18.2 Å². The van der Waals surface area contributed by atoms with Gasteiger partial charge in [0, 0.05) is 24.7 Å². The molecule has 0 bridgehead atoms. The molecule has 22 heavy (non-hydrogen) atoms. The zero-order valence-electron chi connectivity index (χ0n) is 13.1. The van der Waals surface area contributed by atoms with Gasteiger partial charge in [0.25, 0.3) is 0 Å². The van der Waals surface area contributed by atoms with Crippen LogP contribution >= 0.6 is 0 Å². The monoisotopic (exact) mass is 302 g/mol.